The van der Waals surface area contributed by atoms with Gasteiger partial charge in [0.05, 0.1) is 11.1 Å². The summed E-state index contributed by atoms with van der Waals surface area (Å²) in [5.74, 6) is 0.0422. The highest BCUT2D eigenvalue weighted by atomic mass is 79.9. The average molecular weight is 345 g/mol. The van der Waals surface area contributed by atoms with Crippen LogP contribution in [0.5, 0.6) is 0 Å². The number of nitrogens with zero attached hydrogens (tertiary/aromatic N) is 1. The average Bonchev–Trinajstić information content (AvgIpc) is 2.43. The molecule has 1 N–H and O–H groups in total. The van der Waals surface area contributed by atoms with Gasteiger partial charge in [-0.05, 0) is 47.0 Å². The summed E-state index contributed by atoms with van der Waals surface area (Å²) in [6, 6.07) is 4.28. The molecule has 0 aliphatic carbocycles. The van der Waals surface area contributed by atoms with Crippen LogP contribution >= 0.6 is 15.9 Å². The first kappa shape index (κ1) is 15.3. The molecule has 2 rings (SSSR count). The van der Waals surface area contributed by atoms with Gasteiger partial charge < -0.3 is 15.0 Å². The van der Waals surface area contributed by atoms with Crippen LogP contribution in [0.1, 0.15) is 12.8 Å². The van der Waals surface area contributed by atoms with E-state index in [4.69, 9.17) is 4.74 Å². The molecule has 4 nitrogen and oxygen atoms in total. The number of amides is 2. The molecule has 1 aromatic carbocycles. The highest BCUT2D eigenvalue weighted by molar-refractivity contribution is 9.10. The molecule has 1 unspecified atom stereocenters. The summed E-state index contributed by atoms with van der Waals surface area (Å²) >= 11 is 3.11. The van der Waals surface area contributed by atoms with E-state index in [1.807, 2.05) is 0 Å². The fourth-order valence-corrected chi connectivity index (χ4v) is 2.78. The van der Waals surface area contributed by atoms with Crippen molar-refractivity contribution in [3.8, 4) is 0 Å². The molecule has 20 heavy (non-hydrogen) atoms. The predicted molar refractivity (Wildman–Crippen MR) is 79.3 cm³/mol. The van der Waals surface area contributed by atoms with Crippen LogP contribution in [0, 0.1) is 11.7 Å². The number of halogens is 2. The van der Waals surface area contributed by atoms with Gasteiger partial charge in [0, 0.05) is 31.8 Å². The van der Waals surface area contributed by atoms with E-state index >= 15 is 0 Å². The Bertz CT molecular complexity index is 482. The summed E-state index contributed by atoms with van der Waals surface area (Å²) in [5, 5.41) is 2.79. The number of urea groups is 1. The number of hydrogen-bond donors (Lipinski definition) is 1. The van der Waals surface area contributed by atoms with E-state index in [9.17, 15) is 9.18 Å². The normalized spacial score (nSPS) is 18.9. The van der Waals surface area contributed by atoms with Gasteiger partial charge >= 0.3 is 6.03 Å². The number of carbonyl (C=O) groups excluding carboxylic acids is 1. The molecule has 1 saturated heterocycles. The molecule has 1 atom stereocenters. The van der Waals surface area contributed by atoms with Gasteiger partial charge in [-0.1, -0.05) is 0 Å². The van der Waals surface area contributed by atoms with Crippen molar-refractivity contribution in [1.82, 2.24) is 4.90 Å². The van der Waals surface area contributed by atoms with E-state index in [2.05, 4.69) is 21.2 Å². The molecule has 1 heterocycles. The number of likely N-dealkylation sites (tertiary alicyclic amines) is 1. The standard InChI is InChI=1S/C14H18BrFN2O2/c1-20-9-10-3-2-6-18(8-10)14(19)17-11-4-5-13(16)12(15)7-11/h4-5,7,10H,2-3,6,8-9H2,1H3,(H,17,19). The van der Waals surface area contributed by atoms with Gasteiger partial charge in [-0.15, -0.1) is 0 Å². The summed E-state index contributed by atoms with van der Waals surface area (Å²) in [6.07, 6.45) is 2.06. The van der Waals surface area contributed by atoms with Gasteiger partial charge in [-0.2, -0.15) is 0 Å². The Morgan fingerprint density at radius 3 is 3.10 bits per heavy atom. The van der Waals surface area contributed by atoms with Crippen LogP contribution in [0.15, 0.2) is 22.7 Å². The number of methoxy groups -OCH3 is 1. The van der Waals surface area contributed by atoms with Crippen molar-refractivity contribution in [3.63, 3.8) is 0 Å². The van der Waals surface area contributed by atoms with E-state index in [0.717, 1.165) is 19.4 Å². The van der Waals surface area contributed by atoms with Gasteiger partial charge in [0.25, 0.3) is 0 Å². The highest BCUT2D eigenvalue weighted by Gasteiger charge is 2.23. The molecule has 0 saturated carbocycles. The molecular formula is C14H18BrFN2O2. The maximum atomic E-state index is 13.1. The molecule has 0 radical (unpaired) electrons. The quantitative estimate of drug-likeness (QED) is 0.911. The van der Waals surface area contributed by atoms with E-state index < -0.39 is 0 Å². The summed E-state index contributed by atoms with van der Waals surface area (Å²) in [6.45, 7) is 2.11. The van der Waals surface area contributed by atoms with Crippen LogP contribution in [0.4, 0.5) is 14.9 Å². The first-order valence-electron chi connectivity index (χ1n) is 6.60. The SMILES string of the molecule is COCC1CCCN(C(=O)Nc2ccc(F)c(Br)c2)C1. The Morgan fingerprint density at radius 2 is 2.40 bits per heavy atom. The van der Waals surface area contributed by atoms with Gasteiger partial charge in [0.2, 0.25) is 0 Å². The van der Waals surface area contributed by atoms with Gasteiger partial charge in [0.15, 0.2) is 0 Å². The smallest absolute Gasteiger partial charge is 0.321 e. The molecule has 1 aromatic rings. The molecule has 110 valence electrons. The first-order chi connectivity index (χ1) is 9.60. The zero-order valence-electron chi connectivity index (χ0n) is 11.4. The number of anilines is 1. The second-order valence-corrected chi connectivity index (χ2v) is 5.82. The molecule has 1 aliphatic heterocycles. The molecule has 2 amide bonds. The number of piperidine rings is 1. The van der Waals surface area contributed by atoms with Crippen molar-refractivity contribution in [1.29, 1.82) is 0 Å². The van der Waals surface area contributed by atoms with E-state index in [-0.39, 0.29) is 11.8 Å². The van der Waals surface area contributed by atoms with Crippen molar-refractivity contribution < 1.29 is 13.9 Å². The zero-order valence-corrected chi connectivity index (χ0v) is 13.0. The Kier molecular flexibility index (Phi) is 5.37. The van der Waals surface area contributed by atoms with E-state index in [1.165, 1.54) is 6.07 Å². The van der Waals surface area contributed by atoms with Gasteiger partial charge in [-0.3, -0.25) is 0 Å². The lowest BCUT2D eigenvalue weighted by Crippen LogP contribution is -2.43. The summed E-state index contributed by atoms with van der Waals surface area (Å²) < 4.78 is 18.6. The van der Waals surface area contributed by atoms with Crippen LogP contribution in [-0.4, -0.2) is 37.7 Å². The summed E-state index contributed by atoms with van der Waals surface area (Å²) in [7, 11) is 1.68. The van der Waals surface area contributed by atoms with Gasteiger partial charge in [0.1, 0.15) is 5.82 Å². The minimum Gasteiger partial charge on any atom is -0.384 e. The fraction of sp³-hybridized carbons (Fsp3) is 0.500. The topological polar surface area (TPSA) is 41.6 Å². The Balaban J connectivity index is 1.95. The first-order valence-corrected chi connectivity index (χ1v) is 7.39. The van der Waals surface area contributed by atoms with Crippen molar-refractivity contribution in [2.75, 3.05) is 32.1 Å². The number of ether oxygens (including phenoxy) is 1. The minimum absolute atomic E-state index is 0.149. The lowest BCUT2D eigenvalue weighted by atomic mass is 9.99. The summed E-state index contributed by atoms with van der Waals surface area (Å²) in [4.78, 5) is 14.0. The Labute approximate surface area is 126 Å². The third-order valence-electron chi connectivity index (χ3n) is 3.38. The highest BCUT2D eigenvalue weighted by Crippen LogP contribution is 2.21. The largest absolute Gasteiger partial charge is 0.384 e. The van der Waals surface area contributed by atoms with E-state index in [0.29, 0.717) is 29.2 Å². The van der Waals surface area contributed by atoms with Gasteiger partial charge in [-0.25, -0.2) is 9.18 Å². The molecular weight excluding hydrogens is 327 g/mol. The summed E-state index contributed by atoms with van der Waals surface area (Å²) in [5.41, 5.74) is 0.581. The van der Waals surface area contributed by atoms with Crippen molar-refractivity contribution in [3.05, 3.63) is 28.5 Å². The van der Waals surface area contributed by atoms with Crippen LogP contribution in [0.25, 0.3) is 0 Å². The molecule has 1 fully saturated rings. The monoisotopic (exact) mass is 344 g/mol. The minimum atomic E-state index is -0.346. The Morgan fingerprint density at radius 1 is 1.60 bits per heavy atom. The molecule has 0 spiro atoms. The number of benzene rings is 1. The number of carbonyl (C=O) groups is 1. The van der Waals surface area contributed by atoms with Crippen LogP contribution in [0.2, 0.25) is 0 Å². The molecule has 6 heteroatoms. The zero-order chi connectivity index (χ0) is 14.5. The number of nitrogens with one attached hydrogen (secondary N) is 1. The lowest BCUT2D eigenvalue weighted by molar-refractivity contribution is 0.104. The van der Waals surface area contributed by atoms with Crippen molar-refractivity contribution in [2.24, 2.45) is 5.92 Å². The van der Waals surface area contributed by atoms with Crippen LogP contribution in [-0.2, 0) is 4.74 Å². The maximum absolute atomic E-state index is 13.1. The Hall–Kier alpha value is -1.14. The van der Waals surface area contributed by atoms with Crippen LogP contribution < -0.4 is 5.32 Å². The third kappa shape index (κ3) is 3.93. The lowest BCUT2D eigenvalue weighted by Gasteiger charge is -2.32. The third-order valence-corrected chi connectivity index (χ3v) is 3.99. The van der Waals surface area contributed by atoms with E-state index in [1.54, 1.807) is 24.1 Å². The molecule has 0 bridgehead atoms. The fourth-order valence-electron chi connectivity index (χ4n) is 2.40. The second-order valence-electron chi connectivity index (χ2n) is 4.97. The van der Waals surface area contributed by atoms with Crippen molar-refractivity contribution >= 4 is 27.6 Å². The van der Waals surface area contributed by atoms with Crippen LogP contribution in [0.3, 0.4) is 0 Å². The number of rotatable bonds is 3. The molecule has 1 aliphatic rings. The predicted octanol–water partition coefficient (Wildman–Crippen LogP) is 3.48. The molecule has 0 aromatic heterocycles. The number of hydrogen-bond acceptors (Lipinski definition) is 2. The maximum Gasteiger partial charge on any atom is 0.321 e. The second kappa shape index (κ2) is 7.04. The van der Waals surface area contributed by atoms with Crippen molar-refractivity contribution in [2.45, 2.75) is 12.8 Å².